The van der Waals surface area contributed by atoms with Crippen molar-refractivity contribution in [2.75, 3.05) is 0 Å². The monoisotopic (exact) mass is 343 g/mol. The van der Waals surface area contributed by atoms with Gasteiger partial charge in [0.1, 0.15) is 18.0 Å². The van der Waals surface area contributed by atoms with Gasteiger partial charge in [-0.1, -0.05) is 21.1 Å². The van der Waals surface area contributed by atoms with Gasteiger partial charge in [-0.3, -0.25) is 0 Å². The zero-order valence-electron chi connectivity index (χ0n) is 10.8. The van der Waals surface area contributed by atoms with Crippen LogP contribution in [-0.2, 0) is 9.47 Å². The molecule has 0 unspecified atom stereocenters. The minimum absolute atomic E-state index is 0.401. The van der Waals surface area contributed by atoms with Crippen LogP contribution in [-0.4, -0.2) is 5.16 Å². The van der Waals surface area contributed by atoms with E-state index in [0.717, 1.165) is 32.3 Å². The lowest BCUT2D eigenvalue weighted by molar-refractivity contribution is -0.0244. The number of fused-ring (bicyclic) bond motifs is 1. The van der Waals surface area contributed by atoms with Crippen molar-refractivity contribution in [2.45, 2.75) is 6.29 Å². The van der Waals surface area contributed by atoms with Crippen LogP contribution in [0.25, 0.3) is 22.2 Å². The number of ether oxygens (including phenoxy) is 2. The fourth-order valence-corrected chi connectivity index (χ4v) is 2.58. The van der Waals surface area contributed by atoms with Crippen molar-refractivity contribution in [3.8, 4) is 11.3 Å². The number of aromatic nitrogens is 1. The van der Waals surface area contributed by atoms with Gasteiger partial charge in [-0.2, -0.15) is 0 Å². The van der Waals surface area contributed by atoms with Crippen LogP contribution in [0.2, 0.25) is 0 Å². The molecular formula is C16H10BrNO3. The van der Waals surface area contributed by atoms with Gasteiger partial charge >= 0.3 is 0 Å². The molecule has 0 saturated carbocycles. The second kappa shape index (κ2) is 4.93. The third-order valence-electron chi connectivity index (χ3n) is 3.34. The summed E-state index contributed by atoms with van der Waals surface area (Å²) in [6, 6.07) is 13.7. The van der Waals surface area contributed by atoms with E-state index in [4.69, 9.17) is 14.0 Å². The molecule has 21 heavy (non-hydrogen) atoms. The van der Waals surface area contributed by atoms with E-state index in [1.165, 1.54) is 12.5 Å². The molecule has 0 radical (unpaired) electrons. The molecule has 5 heteroatoms. The number of benzene rings is 2. The van der Waals surface area contributed by atoms with E-state index in [1.54, 1.807) is 0 Å². The highest BCUT2D eigenvalue weighted by Gasteiger charge is 2.18. The Morgan fingerprint density at radius 3 is 2.48 bits per heavy atom. The summed E-state index contributed by atoms with van der Waals surface area (Å²) in [5.41, 5.74) is 2.71. The Morgan fingerprint density at radius 1 is 0.952 bits per heavy atom. The summed E-state index contributed by atoms with van der Waals surface area (Å²) >= 11 is 3.43. The van der Waals surface area contributed by atoms with Gasteiger partial charge in [0.25, 0.3) is 6.29 Å². The predicted molar refractivity (Wildman–Crippen MR) is 81.2 cm³/mol. The lowest BCUT2D eigenvalue weighted by atomic mass is 10.1. The van der Waals surface area contributed by atoms with Crippen LogP contribution >= 0.6 is 15.9 Å². The number of halogens is 1. The molecule has 0 fully saturated rings. The normalized spacial score (nSPS) is 14.3. The molecule has 0 aliphatic carbocycles. The lowest BCUT2D eigenvalue weighted by Gasteiger charge is -2.10. The Kier molecular flexibility index (Phi) is 2.93. The zero-order valence-corrected chi connectivity index (χ0v) is 12.4. The Hall–Kier alpha value is -2.27. The molecular weight excluding hydrogens is 334 g/mol. The van der Waals surface area contributed by atoms with Crippen LogP contribution in [0.5, 0.6) is 0 Å². The van der Waals surface area contributed by atoms with Crippen LogP contribution in [0.4, 0.5) is 0 Å². The van der Waals surface area contributed by atoms with Crippen molar-refractivity contribution in [3.63, 3.8) is 0 Å². The highest BCUT2D eigenvalue weighted by Crippen LogP contribution is 2.33. The van der Waals surface area contributed by atoms with Gasteiger partial charge in [0.05, 0.1) is 5.39 Å². The summed E-state index contributed by atoms with van der Waals surface area (Å²) in [5, 5.41) is 5.04. The van der Waals surface area contributed by atoms with Crippen molar-refractivity contribution >= 4 is 26.8 Å². The number of hydrogen-bond acceptors (Lipinski definition) is 4. The van der Waals surface area contributed by atoms with Crippen LogP contribution in [0.15, 0.2) is 64.0 Å². The fourth-order valence-electron chi connectivity index (χ4n) is 2.31. The molecule has 0 amide bonds. The molecule has 0 spiro atoms. The van der Waals surface area contributed by atoms with E-state index in [9.17, 15) is 0 Å². The summed E-state index contributed by atoms with van der Waals surface area (Å²) in [4.78, 5) is 0. The molecule has 4 nitrogen and oxygen atoms in total. The van der Waals surface area contributed by atoms with E-state index < -0.39 is 6.29 Å². The molecule has 0 saturated heterocycles. The maximum absolute atomic E-state index is 5.50. The van der Waals surface area contributed by atoms with Crippen LogP contribution < -0.4 is 0 Å². The van der Waals surface area contributed by atoms with Gasteiger partial charge in [0.15, 0.2) is 5.76 Å². The first kappa shape index (κ1) is 12.5. The third-order valence-corrected chi connectivity index (χ3v) is 3.87. The Morgan fingerprint density at radius 2 is 1.71 bits per heavy atom. The molecule has 3 aromatic rings. The Labute approximate surface area is 129 Å². The number of hydrogen-bond donors (Lipinski definition) is 0. The minimum Gasteiger partial charge on any atom is -0.455 e. The lowest BCUT2D eigenvalue weighted by Crippen LogP contribution is -1.97. The van der Waals surface area contributed by atoms with Gasteiger partial charge in [-0.15, -0.1) is 0 Å². The largest absolute Gasteiger partial charge is 0.455 e. The number of nitrogens with zero attached hydrogens (tertiary/aromatic N) is 1. The van der Waals surface area contributed by atoms with E-state index >= 15 is 0 Å². The topological polar surface area (TPSA) is 44.5 Å². The van der Waals surface area contributed by atoms with Crippen molar-refractivity contribution < 1.29 is 14.0 Å². The van der Waals surface area contributed by atoms with E-state index in [-0.39, 0.29) is 0 Å². The minimum atomic E-state index is -0.401. The standard InChI is InChI=1S/C16H10BrNO3/c17-12-4-1-10(2-5-12)15-13-9-11(16-19-7-8-20-16)3-6-14(13)18-21-15/h1-9,16H. The third kappa shape index (κ3) is 2.19. The van der Waals surface area contributed by atoms with E-state index in [1.807, 2.05) is 42.5 Å². The van der Waals surface area contributed by atoms with Crippen LogP contribution in [0.3, 0.4) is 0 Å². The molecule has 2 heterocycles. The number of rotatable bonds is 2. The quantitative estimate of drug-likeness (QED) is 0.671. The molecule has 1 aliphatic heterocycles. The molecule has 2 aromatic carbocycles. The molecule has 0 atom stereocenters. The van der Waals surface area contributed by atoms with Gasteiger partial charge < -0.3 is 14.0 Å². The first-order chi connectivity index (χ1) is 10.3. The molecule has 1 aromatic heterocycles. The first-order valence-corrected chi connectivity index (χ1v) is 7.22. The summed E-state index contributed by atoms with van der Waals surface area (Å²) in [6.07, 6.45) is 2.68. The Bertz CT molecular complexity index is 815. The molecule has 0 bridgehead atoms. The average Bonchev–Trinajstić information content (AvgIpc) is 3.17. The van der Waals surface area contributed by atoms with Gasteiger partial charge in [0.2, 0.25) is 0 Å². The fraction of sp³-hybridized carbons (Fsp3) is 0.0625. The summed E-state index contributed by atoms with van der Waals surface area (Å²) < 4.78 is 17.3. The van der Waals surface area contributed by atoms with Gasteiger partial charge in [0, 0.05) is 15.6 Å². The van der Waals surface area contributed by atoms with Crippen LogP contribution in [0, 0.1) is 0 Å². The van der Waals surface area contributed by atoms with Crippen molar-refractivity contribution in [1.82, 2.24) is 5.16 Å². The molecule has 1 aliphatic rings. The summed E-state index contributed by atoms with van der Waals surface area (Å²) in [5.74, 6) is 0.741. The summed E-state index contributed by atoms with van der Waals surface area (Å²) in [6.45, 7) is 0. The molecule has 104 valence electrons. The van der Waals surface area contributed by atoms with Crippen molar-refractivity contribution in [3.05, 3.63) is 65.0 Å². The second-order valence-corrected chi connectivity index (χ2v) is 5.59. The highest BCUT2D eigenvalue weighted by atomic mass is 79.9. The maximum Gasteiger partial charge on any atom is 0.266 e. The smallest absolute Gasteiger partial charge is 0.266 e. The summed E-state index contributed by atoms with van der Waals surface area (Å²) in [7, 11) is 0. The van der Waals surface area contributed by atoms with E-state index in [0.29, 0.717) is 0 Å². The van der Waals surface area contributed by atoms with Crippen molar-refractivity contribution in [2.24, 2.45) is 0 Å². The molecule has 0 N–H and O–H groups in total. The molecule has 4 rings (SSSR count). The maximum atomic E-state index is 5.50. The zero-order chi connectivity index (χ0) is 14.2. The second-order valence-electron chi connectivity index (χ2n) is 4.67. The average molecular weight is 344 g/mol. The van der Waals surface area contributed by atoms with Crippen molar-refractivity contribution in [1.29, 1.82) is 0 Å². The van der Waals surface area contributed by atoms with Gasteiger partial charge in [-0.25, -0.2) is 0 Å². The Balaban J connectivity index is 1.82. The predicted octanol–water partition coefficient (Wildman–Crippen LogP) is 4.77. The van der Waals surface area contributed by atoms with Crippen LogP contribution in [0.1, 0.15) is 11.9 Å². The van der Waals surface area contributed by atoms with Gasteiger partial charge in [-0.05, 0) is 42.5 Å². The SMILES string of the molecule is Brc1ccc(-c2onc3ccc(C4OC=CO4)cc23)cc1. The first-order valence-electron chi connectivity index (χ1n) is 6.42. The highest BCUT2D eigenvalue weighted by molar-refractivity contribution is 9.10. The van der Waals surface area contributed by atoms with E-state index in [2.05, 4.69) is 21.1 Å².